The summed E-state index contributed by atoms with van der Waals surface area (Å²) in [6.45, 7) is 2.47. The van der Waals surface area contributed by atoms with Gasteiger partial charge in [0.15, 0.2) is 18.7 Å². The van der Waals surface area contributed by atoms with Crippen LogP contribution in [-0.2, 0) is 38.0 Å². The van der Waals surface area contributed by atoms with Gasteiger partial charge >= 0.3 is 11.9 Å². The number of hydrogen-bond donors (Lipinski definition) is 7. The van der Waals surface area contributed by atoms with Crippen LogP contribution in [0.3, 0.4) is 0 Å². The van der Waals surface area contributed by atoms with Crippen molar-refractivity contribution in [2.24, 2.45) is 0 Å². The topological polar surface area (TPSA) is 231 Å². The molecule has 2 saturated heterocycles. The maximum atomic E-state index is 13.0. The molecule has 0 amide bonds. The standard InChI is InChI=1S/C52H88O15/c1-3-5-7-9-11-13-15-17-18-19-20-21-22-23-25-26-28-30-32-34-43(54)62-37-40(65-44(55)35-33-31-29-27-24-16-14-12-10-8-6-4-2)38-63-51-50(61)48(59)46(57)42(67-51)39-64-52-49(60)47(58)45(56)41(36-53)66-52/h11,13,17-18,20-21,23,25,28,30,40-42,45-53,56-61H,3-10,12,14-16,19,22,24,26-27,29,31-39H2,1-2H3/b13-11+,18-17+,21-20+,25-23+,30-28+/t40-,41+,42+,45-,46-,47?,48?,49?,50?,51+,52+/m0/s1. The molecule has 386 valence electrons. The Hall–Kier alpha value is -2.80. The molecule has 2 heterocycles. The van der Waals surface area contributed by atoms with Crippen molar-refractivity contribution in [1.29, 1.82) is 0 Å². The zero-order valence-electron chi connectivity index (χ0n) is 40.6. The monoisotopic (exact) mass is 953 g/mol. The summed E-state index contributed by atoms with van der Waals surface area (Å²) in [5.41, 5.74) is 0. The van der Waals surface area contributed by atoms with Crippen LogP contribution in [0.1, 0.15) is 162 Å². The number of carbonyl (C=O) groups is 2. The summed E-state index contributed by atoms with van der Waals surface area (Å²) in [7, 11) is 0. The highest BCUT2D eigenvalue weighted by molar-refractivity contribution is 5.70. The zero-order valence-corrected chi connectivity index (χ0v) is 40.6. The van der Waals surface area contributed by atoms with Crippen molar-refractivity contribution >= 4 is 11.9 Å². The van der Waals surface area contributed by atoms with E-state index in [-0.39, 0.29) is 19.4 Å². The maximum absolute atomic E-state index is 13.0. The van der Waals surface area contributed by atoms with Crippen molar-refractivity contribution in [2.45, 2.75) is 229 Å². The number of esters is 2. The van der Waals surface area contributed by atoms with Crippen LogP contribution in [0, 0.1) is 0 Å². The third-order valence-electron chi connectivity index (χ3n) is 11.8. The minimum Gasteiger partial charge on any atom is -0.462 e. The molecule has 0 radical (unpaired) electrons. The van der Waals surface area contributed by atoms with Gasteiger partial charge in [-0.05, 0) is 51.4 Å². The van der Waals surface area contributed by atoms with Gasteiger partial charge in [0, 0.05) is 12.8 Å². The molecule has 0 bridgehead atoms. The molecule has 2 fully saturated rings. The largest absolute Gasteiger partial charge is 0.462 e. The van der Waals surface area contributed by atoms with Crippen LogP contribution in [0.5, 0.6) is 0 Å². The van der Waals surface area contributed by atoms with Crippen LogP contribution in [0.25, 0.3) is 0 Å². The average Bonchev–Trinajstić information content (AvgIpc) is 3.32. The number of ether oxygens (including phenoxy) is 6. The Morgan fingerprint density at radius 3 is 1.46 bits per heavy atom. The minimum atomic E-state index is -1.78. The molecule has 7 N–H and O–H groups in total. The fourth-order valence-corrected chi connectivity index (χ4v) is 7.55. The smallest absolute Gasteiger partial charge is 0.306 e. The van der Waals surface area contributed by atoms with Crippen molar-refractivity contribution in [3.8, 4) is 0 Å². The lowest BCUT2D eigenvalue weighted by atomic mass is 9.98. The van der Waals surface area contributed by atoms with E-state index in [0.717, 1.165) is 51.4 Å². The van der Waals surface area contributed by atoms with Gasteiger partial charge in [0.2, 0.25) is 0 Å². The predicted molar refractivity (Wildman–Crippen MR) is 256 cm³/mol. The van der Waals surface area contributed by atoms with Crippen LogP contribution in [0.4, 0.5) is 0 Å². The highest BCUT2D eigenvalue weighted by Gasteiger charge is 2.47. The molecule has 0 aromatic heterocycles. The number of rotatable bonds is 38. The van der Waals surface area contributed by atoms with E-state index in [9.17, 15) is 45.3 Å². The van der Waals surface area contributed by atoms with Gasteiger partial charge in [-0.3, -0.25) is 9.59 Å². The van der Waals surface area contributed by atoms with Gasteiger partial charge in [0.1, 0.15) is 55.4 Å². The zero-order chi connectivity index (χ0) is 48.9. The number of hydrogen-bond acceptors (Lipinski definition) is 15. The quantitative estimate of drug-likeness (QED) is 0.0190. The minimum absolute atomic E-state index is 0.0934. The second-order valence-electron chi connectivity index (χ2n) is 17.6. The van der Waals surface area contributed by atoms with Gasteiger partial charge < -0.3 is 64.2 Å². The second kappa shape index (κ2) is 39.0. The van der Waals surface area contributed by atoms with Gasteiger partial charge in [-0.1, -0.05) is 158 Å². The molecule has 0 aromatic rings. The number of aliphatic hydroxyl groups is 7. The third-order valence-corrected chi connectivity index (χ3v) is 11.8. The molecule has 15 heteroatoms. The van der Waals surface area contributed by atoms with E-state index in [0.29, 0.717) is 12.8 Å². The molecule has 2 rings (SSSR count). The lowest BCUT2D eigenvalue weighted by Gasteiger charge is -2.42. The van der Waals surface area contributed by atoms with Crippen LogP contribution in [0.15, 0.2) is 60.8 Å². The van der Waals surface area contributed by atoms with E-state index >= 15 is 0 Å². The normalized spacial score (nSPS) is 26.5. The van der Waals surface area contributed by atoms with E-state index < -0.39 is 99.3 Å². The number of unbranched alkanes of at least 4 members (excludes halogenated alkanes) is 14. The van der Waals surface area contributed by atoms with Crippen molar-refractivity contribution in [3.05, 3.63) is 60.8 Å². The lowest BCUT2D eigenvalue weighted by Crippen LogP contribution is -2.61. The van der Waals surface area contributed by atoms with Gasteiger partial charge in [0.05, 0.1) is 19.8 Å². The van der Waals surface area contributed by atoms with Gasteiger partial charge in [-0.2, -0.15) is 0 Å². The van der Waals surface area contributed by atoms with E-state index in [1.807, 2.05) is 12.2 Å². The van der Waals surface area contributed by atoms with Gasteiger partial charge in [-0.15, -0.1) is 0 Å². The molecule has 2 aliphatic rings. The Morgan fingerprint density at radius 1 is 0.478 bits per heavy atom. The van der Waals surface area contributed by atoms with Crippen LogP contribution >= 0.6 is 0 Å². The Morgan fingerprint density at radius 2 is 0.925 bits per heavy atom. The number of allylic oxidation sites excluding steroid dienone is 10. The van der Waals surface area contributed by atoms with Crippen LogP contribution in [-0.4, -0.2) is 142 Å². The summed E-state index contributed by atoms with van der Waals surface area (Å²) < 4.78 is 33.4. The molecule has 11 atom stereocenters. The molecule has 2 aliphatic heterocycles. The molecule has 4 unspecified atom stereocenters. The first-order chi connectivity index (χ1) is 32.5. The Kier molecular flexibility index (Phi) is 35.1. The summed E-state index contributed by atoms with van der Waals surface area (Å²) in [5, 5.41) is 72.0. The van der Waals surface area contributed by atoms with E-state index in [1.165, 1.54) is 70.6 Å². The maximum Gasteiger partial charge on any atom is 0.306 e. The Bertz CT molecular complexity index is 1400. The second-order valence-corrected chi connectivity index (χ2v) is 17.6. The summed E-state index contributed by atoms with van der Waals surface area (Å²) in [6.07, 6.45) is 26.9. The van der Waals surface area contributed by atoms with Crippen molar-refractivity contribution in [1.82, 2.24) is 0 Å². The first-order valence-corrected chi connectivity index (χ1v) is 25.4. The van der Waals surface area contributed by atoms with Gasteiger partial charge in [0.25, 0.3) is 0 Å². The van der Waals surface area contributed by atoms with Gasteiger partial charge in [-0.25, -0.2) is 0 Å². The highest BCUT2D eigenvalue weighted by Crippen LogP contribution is 2.26. The fraction of sp³-hybridized carbons (Fsp3) is 0.769. The van der Waals surface area contributed by atoms with E-state index in [2.05, 4.69) is 62.5 Å². The molecule has 67 heavy (non-hydrogen) atoms. The van der Waals surface area contributed by atoms with Crippen LogP contribution < -0.4 is 0 Å². The molecule has 0 aromatic carbocycles. The highest BCUT2D eigenvalue weighted by atomic mass is 16.7. The molecule has 15 nitrogen and oxygen atoms in total. The summed E-state index contributed by atoms with van der Waals surface area (Å²) in [4.78, 5) is 25.7. The average molecular weight is 953 g/mol. The number of aliphatic hydroxyl groups excluding tert-OH is 7. The Labute approximate surface area is 400 Å². The van der Waals surface area contributed by atoms with Crippen molar-refractivity contribution in [2.75, 3.05) is 26.4 Å². The molecule has 0 saturated carbocycles. The van der Waals surface area contributed by atoms with Crippen molar-refractivity contribution in [3.63, 3.8) is 0 Å². The predicted octanol–water partition coefficient (Wildman–Crippen LogP) is 6.88. The Balaban J connectivity index is 1.84. The fourth-order valence-electron chi connectivity index (χ4n) is 7.55. The van der Waals surface area contributed by atoms with Crippen molar-refractivity contribution < 1.29 is 73.8 Å². The summed E-state index contributed by atoms with van der Waals surface area (Å²) in [6, 6.07) is 0. The summed E-state index contributed by atoms with van der Waals surface area (Å²) in [5.74, 6) is -1.02. The third kappa shape index (κ3) is 27.3. The molecular formula is C52H88O15. The summed E-state index contributed by atoms with van der Waals surface area (Å²) >= 11 is 0. The molecule has 0 aliphatic carbocycles. The first kappa shape index (κ1) is 60.3. The van der Waals surface area contributed by atoms with E-state index in [4.69, 9.17) is 28.4 Å². The van der Waals surface area contributed by atoms with E-state index in [1.54, 1.807) is 0 Å². The van der Waals surface area contributed by atoms with Crippen LogP contribution in [0.2, 0.25) is 0 Å². The first-order valence-electron chi connectivity index (χ1n) is 25.4. The lowest BCUT2D eigenvalue weighted by molar-refractivity contribution is -0.332. The number of carbonyl (C=O) groups excluding carboxylic acids is 2. The molecule has 0 spiro atoms. The SMILES string of the molecule is CCCCC/C=C/C/C=C/C/C=C/C/C=C/C/C=C/CCC(=O)OC[C@@H](CO[C@@H]1O[C@H](CO[C@@H]2O[C@H](CO)[C@H](O)C(O)C2O)[C@H](O)C(O)C1O)OC(=O)CCCCCCCCCCCCCC. The molecular weight excluding hydrogens is 865 g/mol.